The Labute approximate surface area is 476 Å². The van der Waals surface area contributed by atoms with Crippen molar-refractivity contribution in [3.8, 4) is 0 Å². The molecule has 0 spiro atoms. The van der Waals surface area contributed by atoms with Crippen LogP contribution in [-0.2, 0) is 28.6 Å². The van der Waals surface area contributed by atoms with Crippen molar-refractivity contribution in [3.05, 3.63) is 109 Å². The van der Waals surface area contributed by atoms with Gasteiger partial charge in [-0.25, -0.2) is 0 Å². The van der Waals surface area contributed by atoms with Crippen LogP contribution in [0.1, 0.15) is 303 Å². The molecule has 1 atom stereocenters. The largest absolute Gasteiger partial charge is 0.462 e. The van der Waals surface area contributed by atoms with Gasteiger partial charge < -0.3 is 14.2 Å². The predicted molar refractivity (Wildman–Crippen MR) is 334 cm³/mol. The normalized spacial score (nSPS) is 12.8. The molecule has 0 radical (unpaired) electrons. The van der Waals surface area contributed by atoms with Crippen LogP contribution in [0.4, 0.5) is 0 Å². The van der Waals surface area contributed by atoms with Gasteiger partial charge in [0.25, 0.3) is 0 Å². The maximum absolute atomic E-state index is 12.9. The van der Waals surface area contributed by atoms with Crippen molar-refractivity contribution in [1.29, 1.82) is 0 Å². The molecule has 1 unspecified atom stereocenters. The van der Waals surface area contributed by atoms with E-state index in [1.54, 1.807) is 0 Å². The Bertz CT molecular complexity index is 1560. The third-order valence-corrected chi connectivity index (χ3v) is 13.8. The summed E-state index contributed by atoms with van der Waals surface area (Å²) in [6.45, 7) is 6.49. The highest BCUT2D eigenvalue weighted by molar-refractivity contribution is 5.71. The van der Waals surface area contributed by atoms with Gasteiger partial charge in [0, 0.05) is 19.3 Å². The van der Waals surface area contributed by atoms with E-state index in [2.05, 4.69) is 130 Å². The van der Waals surface area contributed by atoms with Crippen molar-refractivity contribution in [3.63, 3.8) is 0 Å². The molecule has 0 aromatic heterocycles. The van der Waals surface area contributed by atoms with Crippen molar-refractivity contribution in [2.45, 2.75) is 309 Å². The second kappa shape index (κ2) is 64.6. The molecule has 440 valence electrons. The lowest BCUT2D eigenvalue weighted by Gasteiger charge is -2.18. The molecule has 0 N–H and O–H groups in total. The fourth-order valence-corrected chi connectivity index (χ4v) is 8.92. The van der Waals surface area contributed by atoms with E-state index in [1.165, 1.54) is 148 Å². The van der Waals surface area contributed by atoms with Crippen molar-refractivity contribution in [2.24, 2.45) is 0 Å². The lowest BCUT2D eigenvalue weighted by atomic mass is 10.0. The van der Waals surface area contributed by atoms with Gasteiger partial charge in [-0.1, -0.05) is 284 Å². The van der Waals surface area contributed by atoms with Gasteiger partial charge in [0.2, 0.25) is 0 Å². The zero-order valence-electron chi connectivity index (χ0n) is 50.4. The number of ether oxygens (including phenoxy) is 3. The molecule has 77 heavy (non-hydrogen) atoms. The molecule has 0 amide bonds. The summed E-state index contributed by atoms with van der Waals surface area (Å²) in [4.78, 5) is 38.2. The minimum atomic E-state index is -0.782. The van der Waals surface area contributed by atoms with Gasteiger partial charge in [-0.15, -0.1) is 0 Å². The van der Waals surface area contributed by atoms with Crippen LogP contribution in [-0.4, -0.2) is 37.2 Å². The third kappa shape index (κ3) is 62.8. The molecule has 0 rings (SSSR count). The zero-order valence-corrected chi connectivity index (χ0v) is 50.4. The monoisotopic (exact) mass is 1070 g/mol. The van der Waals surface area contributed by atoms with Crippen molar-refractivity contribution < 1.29 is 28.6 Å². The van der Waals surface area contributed by atoms with E-state index in [0.717, 1.165) is 116 Å². The van der Waals surface area contributed by atoms with Crippen LogP contribution in [0.25, 0.3) is 0 Å². The van der Waals surface area contributed by atoms with E-state index in [9.17, 15) is 14.4 Å². The van der Waals surface area contributed by atoms with E-state index in [-0.39, 0.29) is 31.1 Å². The molecule has 0 saturated heterocycles. The summed E-state index contributed by atoms with van der Waals surface area (Å²) in [5.74, 6) is -0.886. The second-order valence-corrected chi connectivity index (χ2v) is 21.3. The first kappa shape index (κ1) is 73.1. The Kier molecular flexibility index (Phi) is 61.3. The minimum Gasteiger partial charge on any atom is -0.462 e. The van der Waals surface area contributed by atoms with E-state index >= 15 is 0 Å². The quantitative estimate of drug-likeness (QED) is 0.0261. The van der Waals surface area contributed by atoms with E-state index in [0.29, 0.717) is 19.3 Å². The Morgan fingerprint density at radius 1 is 0.273 bits per heavy atom. The summed E-state index contributed by atoms with van der Waals surface area (Å²) < 4.78 is 16.9. The van der Waals surface area contributed by atoms with Gasteiger partial charge in [-0.2, -0.15) is 0 Å². The number of hydrogen-bond acceptors (Lipinski definition) is 6. The van der Waals surface area contributed by atoms with E-state index in [4.69, 9.17) is 14.2 Å². The van der Waals surface area contributed by atoms with Crippen LogP contribution in [0.2, 0.25) is 0 Å². The van der Waals surface area contributed by atoms with Gasteiger partial charge in [0.05, 0.1) is 0 Å². The number of hydrogen-bond donors (Lipinski definition) is 0. The third-order valence-electron chi connectivity index (χ3n) is 13.8. The lowest BCUT2D eigenvalue weighted by Crippen LogP contribution is -2.30. The molecule has 6 nitrogen and oxygen atoms in total. The zero-order chi connectivity index (χ0) is 55.7. The first-order valence-corrected chi connectivity index (χ1v) is 32.4. The molecule has 0 aromatic rings. The Hall–Kier alpha value is -3.93. The maximum Gasteiger partial charge on any atom is 0.306 e. The highest BCUT2D eigenvalue weighted by Gasteiger charge is 2.19. The second-order valence-electron chi connectivity index (χ2n) is 21.3. The summed E-state index contributed by atoms with van der Waals surface area (Å²) in [7, 11) is 0. The van der Waals surface area contributed by atoms with Crippen LogP contribution in [0.15, 0.2) is 109 Å². The van der Waals surface area contributed by atoms with Gasteiger partial charge >= 0.3 is 17.9 Å². The number of rotatable bonds is 58. The first-order valence-electron chi connectivity index (χ1n) is 32.4. The summed E-state index contributed by atoms with van der Waals surface area (Å²) >= 11 is 0. The molecule has 0 fully saturated rings. The first-order chi connectivity index (χ1) is 38.0. The molecular formula is C71H120O6. The molecule has 0 heterocycles. The van der Waals surface area contributed by atoms with Crippen LogP contribution >= 0.6 is 0 Å². The Balaban J connectivity index is 4.16. The molecule has 0 aliphatic carbocycles. The number of esters is 3. The summed E-state index contributed by atoms with van der Waals surface area (Å²) in [5, 5.41) is 0. The van der Waals surface area contributed by atoms with Gasteiger partial charge in [0.15, 0.2) is 6.10 Å². The molecule has 6 heteroatoms. The average Bonchev–Trinajstić information content (AvgIpc) is 3.43. The van der Waals surface area contributed by atoms with Gasteiger partial charge in [-0.3, -0.25) is 14.4 Å². The fraction of sp³-hybridized carbons (Fsp3) is 0.704. The summed E-state index contributed by atoms with van der Waals surface area (Å²) in [5.41, 5.74) is 0. The number of carbonyl (C=O) groups excluding carboxylic acids is 3. The highest BCUT2D eigenvalue weighted by Crippen LogP contribution is 2.16. The average molecular weight is 1070 g/mol. The summed E-state index contributed by atoms with van der Waals surface area (Å²) in [6, 6.07) is 0. The van der Waals surface area contributed by atoms with Crippen molar-refractivity contribution in [1.82, 2.24) is 0 Å². The maximum atomic E-state index is 12.9. The smallest absolute Gasteiger partial charge is 0.306 e. The van der Waals surface area contributed by atoms with E-state index in [1.807, 2.05) is 0 Å². The fourth-order valence-electron chi connectivity index (χ4n) is 8.92. The van der Waals surface area contributed by atoms with Crippen LogP contribution in [0, 0.1) is 0 Å². The lowest BCUT2D eigenvalue weighted by molar-refractivity contribution is -0.167. The summed E-state index contributed by atoms with van der Waals surface area (Å²) in [6.07, 6.45) is 88.2. The molecule has 0 saturated carbocycles. The van der Waals surface area contributed by atoms with Gasteiger partial charge in [-0.05, 0) is 109 Å². The van der Waals surface area contributed by atoms with Crippen LogP contribution in [0.5, 0.6) is 0 Å². The number of carbonyl (C=O) groups is 3. The Morgan fingerprint density at radius 2 is 0.506 bits per heavy atom. The van der Waals surface area contributed by atoms with Crippen molar-refractivity contribution in [2.75, 3.05) is 13.2 Å². The topological polar surface area (TPSA) is 78.9 Å². The van der Waals surface area contributed by atoms with Gasteiger partial charge in [0.1, 0.15) is 13.2 Å². The van der Waals surface area contributed by atoms with Crippen molar-refractivity contribution >= 4 is 17.9 Å². The van der Waals surface area contributed by atoms with Crippen LogP contribution in [0.3, 0.4) is 0 Å². The SMILES string of the molecule is CC/C=C\C/C=C\C/C=C\C/C=C\C/C=C\C/C=C\C/C=C\CCCCCCCCCCCCCC(=O)OCC(COC(=O)CCCCCCCCCCC)OC(=O)CCCCCCCCC/C=C\C/C=C\CCCCC. The Morgan fingerprint density at radius 3 is 0.818 bits per heavy atom. The highest BCUT2D eigenvalue weighted by atomic mass is 16.6. The predicted octanol–water partition coefficient (Wildman–Crippen LogP) is 22.2. The van der Waals surface area contributed by atoms with E-state index < -0.39 is 6.10 Å². The molecule has 0 bridgehead atoms. The molecule has 0 aliphatic rings. The molecule has 0 aliphatic heterocycles. The van der Waals surface area contributed by atoms with Crippen LogP contribution < -0.4 is 0 Å². The minimum absolute atomic E-state index is 0.0795. The number of allylic oxidation sites excluding steroid dienone is 18. The standard InChI is InChI=1S/C71H120O6/c1-4-7-10-13-16-19-21-23-25-27-28-29-30-31-32-33-34-35-36-37-38-39-40-41-42-44-45-47-49-52-55-58-61-64-70(73)76-67-68(66-75-69(72)63-60-57-54-51-18-15-12-9-6-3)77-71(74)65-62-59-56-53-50-48-46-43-26-24-22-20-17-14-11-8-5-2/h7,10,16-17,19-20,23-26,28-29,31-32,34-35,37-38,68H,4-6,8-9,11-15,18,21-22,27,30,33,36,39-67H2,1-3H3/b10-7-,19-16-,20-17-,25-23-,26-24-,29-28-,32-31-,35-34-,38-37-. The number of unbranched alkanes of at least 4 members (excludes halogenated alkanes) is 29. The molecular weight excluding hydrogens is 949 g/mol. The molecule has 0 aromatic carbocycles.